The highest BCUT2D eigenvalue weighted by atomic mass is 16.5. The van der Waals surface area contributed by atoms with Crippen LogP contribution < -0.4 is 0 Å². The monoisotopic (exact) mass is 413 g/mol. The molecule has 0 atom stereocenters. The first-order chi connectivity index (χ1) is 15.0. The second-order valence-electron chi connectivity index (χ2n) is 7.28. The molecule has 0 aliphatic heterocycles. The largest absolute Gasteiger partial charge is 0.332 e. The zero-order valence-electron chi connectivity index (χ0n) is 17.5. The lowest BCUT2D eigenvalue weighted by Gasteiger charge is -2.04. The predicted octanol–water partition coefficient (Wildman–Crippen LogP) is 3.40. The van der Waals surface area contributed by atoms with Crippen LogP contribution >= 0.6 is 0 Å². The summed E-state index contributed by atoms with van der Waals surface area (Å²) in [6.07, 6.45) is 0. The van der Waals surface area contributed by atoms with Gasteiger partial charge in [0.2, 0.25) is 5.82 Å². The second kappa shape index (κ2) is 7.24. The molecule has 0 radical (unpaired) electrons. The van der Waals surface area contributed by atoms with Gasteiger partial charge in [0.1, 0.15) is 5.82 Å². The van der Waals surface area contributed by atoms with Crippen molar-refractivity contribution in [2.45, 2.75) is 27.7 Å². The van der Waals surface area contributed by atoms with Gasteiger partial charge >= 0.3 is 0 Å². The van der Waals surface area contributed by atoms with Gasteiger partial charge in [-0.2, -0.15) is 15.2 Å². The van der Waals surface area contributed by atoms with Crippen molar-refractivity contribution < 1.29 is 4.52 Å². The first-order valence-electron chi connectivity index (χ1n) is 9.69. The predicted molar refractivity (Wildman–Crippen MR) is 112 cm³/mol. The second-order valence-corrected chi connectivity index (χ2v) is 7.28. The maximum absolute atomic E-state index is 5.49. The average Bonchev–Trinajstić information content (AvgIpc) is 3.47. The number of aromatic nitrogens is 9. The number of nitrogens with one attached hydrogen (secondary N) is 1. The Hall–Kier alpha value is -4.21. The summed E-state index contributed by atoms with van der Waals surface area (Å²) in [6.45, 7) is 7.64. The van der Waals surface area contributed by atoms with Crippen molar-refractivity contribution in [1.29, 1.82) is 0 Å². The number of H-pyrrole nitrogens is 1. The molecule has 0 saturated heterocycles. The van der Waals surface area contributed by atoms with Gasteiger partial charge in [0.25, 0.3) is 11.8 Å². The number of rotatable bonds is 4. The molecule has 1 N–H and O–H groups in total. The minimum absolute atomic E-state index is 0.320. The van der Waals surface area contributed by atoms with Crippen molar-refractivity contribution in [2.24, 2.45) is 0 Å². The Bertz CT molecular complexity index is 1380. The Labute approximate surface area is 177 Å². The molecule has 10 heteroatoms. The molecule has 0 aliphatic rings. The zero-order chi connectivity index (χ0) is 21.5. The standard InChI is InChI=1S/C21H19N9O/c1-11-8-12(2)23-21(22-11)30-13(3)9-17(28-30)20-25-19(29-31-20)16-7-5-6-15(10-16)18-24-14(4)26-27-18/h5-10H,1-4H3,(H,24,26,27). The van der Waals surface area contributed by atoms with Gasteiger partial charge in [0.05, 0.1) is 0 Å². The number of aromatic amines is 1. The van der Waals surface area contributed by atoms with E-state index >= 15 is 0 Å². The quantitative estimate of drug-likeness (QED) is 0.475. The van der Waals surface area contributed by atoms with Crippen molar-refractivity contribution >= 4 is 0 Å². The van der Waals surface area contributed by atoms with Crippen molar-refractivity contribution in [3.63, 3.8) is 0 Å². The number of hydrogen-bond donors (Lipinski definition) is 1. The van der Waals surface area contributed by atoms with Crippen LogP contribution in [0.1, 0.15) is 22.9 Å². The third-order valence-electron chi connectivity index (χ3n) is 4.67. The molecular weight excluding hydrogens is 394 g/mol. The molecule has 31 heavy (non-hydrogen) atoms. The van der Waals surface area contributed by atoms with E-state index in [1.807, 2.05) is 64.1 Å². The van der Waals surface area contributed by atoms with Crippen molar-refractivity contribution in [2.75, 3.05) is 0 Å². The van der Waals surface area contributed by atoms with E-state index < -0.39 is 0 Å². The third-order valence-corrected chi connectivity index (χ3v) is 4.67. The van der Waals surface area contributed by atoms with E-state index in [0.717, 1.165) is 34.0 Å². The molecule has 0 spiro atoms. The first kappa shape index (κ1) is 18.8. The molecule has 10 nitrogen and oxygen atoms in total. The molecule has 0 fully saturated rings. The van der Waals surface area contributed by atoms with Crippen LogP contribution in [0.4, 0.5) is 0 Å². The van der Waals surface area contributed by atoms with Crippen LogP contribution in [0.5, 0.6) is 0 Å². The van der Waals surface area contributed by atoms with Crippen LogP contribution in [0.2, 0.25) is 0 Å². The Kier molecular flexibility index (Phi) is 4.39. The molecule has 4 aromatic heterocycles. The van der Waals surface area contributed by atoms with Crippen LogP contribution in [-0.2, 0) is 0 Å². The Morgan fingerprint density at radius 3 is 2.29 bits per heavy atom. The lowest BCUT2D eigenvalue weighted by molar-refractivity contribution is 0.430. The van der Waals surface area contributed by atoms with E-state index in [1.54, 1.807) is 4.68 Å². The maximum Gasteiger partial charge on any atom is 0.278 e. The molecule has 0 amide bonds. The molecular formula is C21H19N9O. The van der Waals surface area contributed by atoms with Crippen LogP contribution in [0.3, 0.4) is 0 Å². The van der Waals surface area contributed by atoms with Crippen LogP contribution in [0.15, 0.2) is 40.9 Å². The summed E-state index contributed by atoms with van der Waals surface area (Å²) in [7, 11) is 0. The summed E-state index contributed by atoms with van der Waals surface area (Å²) < 4.78 is 7.16. The topological polar surface area (TPSA) is 124 Å². The van der Waals surface area contributed by atoms with E-state index in [9.17, 15) is 0 Å². The van der Waals surface area contributed by atoms with Crippen LogP contribution in [-0.4, -0.2) is 45.1 Å². The van der Waals surface area contributed by atoms with E-state index in [-0.39, 0.29) is 0 Å². The highest BCUT2D eigenvalue weighted by molar-refractivity contribution is 5.66. The zero-order valence-corrected chi connectivity index (χ0v) is 17.5. The summed E-state index contributed by atoms with van der Waals surface area (Å²) in [5, 5.41) is 15.8. The van der Waals surface area contributed by atoms with Crippen LogP contribution in [0, 0.1) is 27.7 Å². The van der Waals surface area contributed by atoms with E-state index in [1.165, 1.54) is 0 Å². The molecule has 4 heterocycles. The first-order valence-corrected chi connectivity index (χ1v) is 9.69. The highest BCUT2D eigenvalue weighted by Crippen LogP contribution is 2.25. The van der Waals surface area contributed by atoms with Gasteiger partial charge < -0.3 is 4.52 Å². The van der Waals surface area contributed by atoms with Gasteiger partial charge in [0, 0.05) is 28.2 Å². The van der Waals surface area contributed by atoms with E-state index in [0.29, 0.717) is 29.2 Å². The lowest BCUT2D eigenvalue weighted by Crippen LogP contribution is -2.06. The highest BCUT2D eigenvalue weighted by Gasteiger charge is 2.17. The molecule has 0 aliphatic carbocycles. The molecule has 154 valence electrons. The summed E-state index contributed by atoms with van der Waals surface area (Å²) >= 11 is 0. The molecule has 0 saturated carbocycles. The van der Waals surface area contributed by atoms with Gasteiger partial charge in [-0.3, -0.25) is 5.10 Å². The van der Waals surface area contributed by atoms with E-state index in [4.69, 9.17) is 4.52 Å². The van der Waals surface area contributed by atoms with Gasteiger partial charge in [-0.05, 0) is 45.9 Å². The maximum atomic E-state index is 5.49. The third kappa shape index (κ3) is 3.59. The lowest BCUT2D eigenvalue weighted by atomic mass is 10.1. The van der Waals surface area contributed by atoms with E-state index in [2.05, 4.69) is 40.4 Å². The normalized spacial score (nSPS) is 11.2. The average molecular weight is 413 g/mol. The van der Waals surface area contributed by atoms with Crippen molar-refractivity contribution in [3.8, 4) is 40.3 Å². The Morgan fingerprint density at radius 1 is 0.839 bits per heavy atom. The smallest absolute Gasteiger partial charge is 0.278 e. The van der Waals surface area contributed by atoms with Crippen molar-refractivity contribution in [1.82, 2.24) is 45.1 Å². The Balaban J connectivity index is 1.48. The SMILES string of the molecule is Cc1cc(C)nc(-n2nc(-c3nc(-c4cccc(-c5n[nH]c(C)n5)c4)no3)cc2C)n1. The summed E-state index contributed by atoms with van der Waals surface area (Å²) in [4.78, 5) is 17.8. The molecule has 0 unspecified atom stereocenters. The van der Waals surface area contributed by atoms with Gasteiger partial charge in [-0.15, -0.1) is 0 Å². The summed E-state index contributed by atoms with van der Waals surface area (Å²) in [5.74, 6) is 2.65. The summed E-state index contributed by atoms with van der Waals surface area (Å²) in [5.41, 5.74) is 4.83. The number of nitrogens with zero attached hydrogens (tertiary/aromatic N) is 8. The van der Waals surface area contributed by atoms with Gasteiger partial charge in [-0.25, -0.2) is 19.6 Å². The van der Waals surface area contributed by atoms with Crippen molar-refractivity contribution in [3.05, 3.63) is 59.3 Å². The number of hydrogen-bond acceptors (Lipinski definition) is 8. The Morgan fingerprint density at radius 2 is 1.58 bits per heavy atom. The number of aryl methyl sites for hydroxylation is 4. The summed E-state index contributed by atoms with van der Waals surface area (Å²) in [6, 6.07) is 11.5. The fourth-order valence-electron chi connectivity index (χ4n) is 3.30. The number of benzene rings is 1. The molecule has 5 rings (SSSR count). The van der Waals surface area contributed by atoms with Gasteiger partial charge in [-0.1, -0.05) is 23.4 Å². The molecule has 5 aromatic rings. The minimum atomic E-state index is 0.320. The van der Waals surface area contributed by atoms with Crippen LogP contribution in [0.25, 0.3) is 40.3 Å². The fourth-order valence-corrected chi connectivity index (χ4v) is 3.30. The van der Waals surface area contributed by atoms with Gasteiger partial charge in [0.15, 0.2) is 11.5 Å². The fraction of sp³-hybridized carbons (Fsp3) is 0.190. The minimum Gasteiger partial charge on any atom is -0.332 e. The molecule has 0 bridgehead atoms. The molecule has 1 aromatic carbocycles.